The average molecular weight is 253 g/mol. The Balaban J connectivity index is 1.63. The quantitative estimate of drug-likeness (QED) is 0.659. The van der Waals surface area contributed by atoms with Gasteiger partial charge in [-0.1, -0.05) is 13.8 Å². The predicted molar refractivity (Wildman–Crippen MR) is 72.2 cm³/mol. The van der Waals surface area contributed by atoms with E-state index in [1.165, 1.54) is 13.0 Å². The molecular formula is C14H27N3O. The second-order valence-corrected chi connectivity index (χ2v) is 7.01. The Morgan fingerprint density at radius 1 is 1.39 bits per heavy atom. The molecule has 3 saturated heterocycles. The molecule has 3 heterocycles. The van der Waals surface area contributed by atoms with Gasteiger partial charge in [0.2, 0.25) is 0 Å². The van der Waals surface area contributed by atoms with Crippen molar-refractivity contribution < 1.29 is 5.11 Å². The number of likely N-dealkylation sites (tertiary alicyclic amines) is 1. The zero-order valence-electron chi connectivity index (χ0n) is 11.7. The molecule has 4 unspecified atom stereocenters. The molecule has 3 fully saturated rings. The lowest BCUT2D eigenvalue weighted by Crippen LogP contribution is -2.55. The van der Waals surface area contributed by atoms with Gasteiger partial charge in [-0.25, -0.2) is 0 Å². The molecule has 3 rings (SSSR count). The third kappa shape index (κ3) is 2.20. The Morgan fingerprint density at radius 2 is 2.22 bits per heavy atom. The van der Waals surface area contributed by atoms with Gasteiger partial charge in [0.25, 0.3) is 0 Å². The summed E-state index contributed by atoms with van der Waals surface area (Å²) in [7, 11) is 0. The molecule has 0 radical (unpaired) electrons. The lowest BCUT2D eigenvalue weighted by atomic mass is 9.75. The van der Waals surface area contributed by atoms with Gasteiger partial charge in [-0.15, -0.1) is 0 Å². The lowest BCUT2D eigenvalue weighted by Gasteiger charge is -2.45. The van der Waals surface area contributed by atoms with Gasteiger partial charge in [0.1, 0.15) is 6.23 Å². The summed E-state index contributed by atoms with van der Waals surface area (Å²) in [4.78, 5) is 2.30. The molecule has 0 saturated carbocycles. The SMILES string of the molecule is CC1CNC([C@@H](O)N2CCC3CNCC3(C)C2)C1. The first-order valence-corrected chi connectivity index (χ1v) is 7.45. The summed E-state index contributed by atoms with van der Waals surface area (Å²) in [5.41, 5.74) is 0.365. The summed E-state index contributed by atoms with van der Waals surface area (Å²) < 4.78 is 0. The molecule has 0 aromatic carbocycles. The molecule has 0 aliphatic carbocycles. The van der Waals surface area contributed by atoms with Gasteiger partial charge >= 0.3 is 0 Å². The number of nitrogens with one attached hydrogen (secondary N) is 2. The second kappa shape index (κ2) is 4.75. The van der Waals surface area contributed by atoms with Crippen LogP contribution in [0, 0.1) is 17.3 Å². The summed E-state index contributed by atoms with van der Waals surface area (Å²) in [6, 6.07) is 0.273. The summed E-state index contributed by atoms with van der Waals surface area (Å²) in [6.07, 6.45) is 2.03. The van der Waals surface area contributed by atoms with Crippen molar-refractivity contribution in [3.8, 4) is 0 Å². The number of hydrogen-bond acceptors (Lipinski definition) is 4. The number of nitrogens with zero attached hydrogens (tertiary/aromatic N) is 1. The lowest BCUT2D eigenvalue weighted by molar-refractivity contribution is -0.0674. The maximum atomic E-state index is 10.6. The molecule has 0 aromatic heterocycles. The second-order valence-electron chi connectivity index (χ2n) is 7.01. The van der Waals surface area contributed by atoms with E-state index in [-0.39, 0.29) is 12.3 Å². The molecule has 3 aliphatic heterocycles. The van der Waals surface area contributed by atoms with Crippen molar-refractivity contribution >= 4 is 0 Å². The van der Waals surface area contributed by atoms with Crippen LogP contribution in [-0.4, -0.2) is 55.0 Å². The molecular weight excluding hydrogens is 226 g/mol. The number of aliphatic hydroxyl groups excluding tert-OH is 1. The van der Waals surface area contributed by atoms with Crippen LogP contribution in [0.2, 0.25) is 0 Å². The van der Waals surface area contributed by atoms with Gasteiger partial charge in [-0.3, -0.25) is 4.90 Å². The van der Waals surface area contributed by atoms with Crippen LogP contribution in [0.25, 0.3) is 0 Å². The molecule has 3 N–H and O–H groups in total. The van der Waals surface area contributed by atoms with Gasteiger partial charge < -0.3 is 15.7 Å². The first-order valence-electron chi connectivity index (χ1n) is 7.45. The minimum absolute atomic E-state index is 0.273. The fourth-order valence-corrected chi connectivity index (χ4v) is 4.08. The number of hydrogen-bond donors (Lipinski definition) is 3. The van der Waals surface area contributed by atoms with Crippen molar-refractivity contribution in [3.05, 3.63) is 0 Å². The first kappa shape index (κ1) is 12.9. The minimum Gasteiger partial charge on any atom is -0.377 e. The fraction of sp³-hybridized carbons (Fsp3) is 1.00. The normalized spacial score (nSPS) is 47.2. The van der Waals surface area contributed by atoms with E-state index in [2.05, 4.69) is 29.4 Å². The third-order valence-electron chi connectivity index (χ3n) is 5.35. The monoisotopic (exact) mass is 253 g/mol. The maximum Gasteiger partial charge on any atom is 0.122 e. The Hall–Kier alpha value is -0.160. The van der Waals surface area contributed by atoms with Gasteiger partial charge in [-0.05, 0) is 43.2 Å². The van der Waals surface area contributed by atoms with Crippen molar-refractivity contribution in [2.24, 2.45) is 17.3 Å². The predicted octanol–water partition coefficient (Wildman–Crippen LogP) is 0.234. The minimum atomic E-state index is -0.298. The van der Waals surface area contributed by atoms with E-state index in [0.29, 0.717) is 11.3 Å². The molecule has 104 valence electrons. The highest BCUT2D eigenvalue weighted by molar-refractivity contribution is 4.99. The van der Waals surface area contributed by atoms with Crippen LogP contribution in [0.5, 0.6) is 0 Å². The standard InChI is InChI=1S/C14H27N3O/c1-10-5-12(16-6-10)13(18)17-4-3-11-7-15-8-14(11,2)9-17/h10-13,15-16,18H,3-9H2,1-2H3/t10?,11?,12?,13-,14?/m1/s1. The van der Waals surface area contributed by atoms with Crippen LogP contribution >= 0.6 is 0 Å². The summed E-state index contributed by atoms with van der Waals surface area (Å²) in [5, 5.41) is 17.6. The molecule has 0 bridgehead atoms. The van der Waals surface area contributed by atoms with Crippen LogP contribution in [0.4, 0.5) is 0 Å². The molecule has 4 heteroatoms. The Morgan fingerprint density at radius 3 is 2.94 bits per heavy atom. The summed E-state index contributed by atoms with van der Waals surface area (Å²) in [6.45, 7) is 10.1. The largest absolute Gasteiger partial charge is 0.377 e. The molecule has 0 amide bonds. The van der Waals surface area contributed by atoms with Crippen LogP contribution < -0.4 is 10.6 Å². The Bertz CT molecular complexity index is 311. The third-order valence-corrected chi connectivity index (χ3v) is 5.35. The van der Waals surface area contributed by atoms with E-state index >= 15 is 0 Å². The Kier molecular flexibility index (Phi) is 3.39. The van der Waals surface area contributed by atoms with E-state index in [9.17, 15) is 5.11 Å². The summed E-state index contributed by atoms with van der Waals surface area (Å²) >= 11 is 0. The number of fused-ring (bicyclic) bond motifs is 1. The number of aliphatic hydroxyl groups is 1. The van der Waals surface area contributed by atoms with Gasteiger partial charge in [0.15, 0.2) is 0 Å². The molecule has 5 atom stereocenters. The van der Waals surface area contributed by atoms with E-state index in [0.717, 1.165) is 38.5 Å². The van der Waals surface area contributed by atoms with Crippen molar-refractivity contribution in [2.45, 2.75) is 39.0 Å². The average Bonchev–Trinajstić information content (AvgIpc) is 2.92. The van der Waals surface area contributed by atoms with E-state index in [4.69, 9.17) is 0 Å². The van der Waals surface area contributed by atoms with Gasteiger partial charge in [0, 0.05) is 25.7 Å². The Labute approximate surface area is 110 Å². The van der Waals surface area contributed by atoms with Gasteiger partial charge in [-0.2, -0.15) is 0 Å². The smallest absolute Gasteiger partial charge is 0.122 e. The number of piperidine rings is 1. The van der Waals surface area contributed by atoms with Crippen LogP contribution in [0.1, 0.15) is 26.7 Å². The van der Waals surface area contributed by atoms with Crippen LogP contribution in [0.3, 0.4) is 0 Å². The van der Waals surface area contributed by atoms with Crippen LogP contribution in [-0.2, 0) is 0 Å². The highest BCUT2D eigenvalue weighted by Gasteiger charge is 2.45. The molecule has 4 nitrogen and oxygen atoms in total. The zero-order valence-corrected chi connectivity index (χ0v) is 11.7. The zero-order chi connectivity index (χ0) is 12.8. The summed E-state index contributed by atoms with van der Waals surface area (Å²) in [5.74, 6) is 1.50. The van der Waals surface area contributed by atoms with Crippen molar-refractivity contribution in [3.63, 3.8) is 0 Å². The van der Waals surface area contributed by atoms with Crippen molar-refractivity contribution in [1.82, 2.24) is 15.5 Å². The van der Waals surface area contributed by atoms with E-state index in [1.807, 2.05) is 0 Å². The number of rotatable bonds is 2. The molecule has 3 aliphatic rings. The first-order chi connectivity index (χ1) is 8.58. The highest BCUT2D eigenvalue weighted by Crippen LogP contribution is 2.38. The molecule has 0 spiro atoms. The van der Waals surface area contributed by atoms with Gasteiger partial charge in [0.05, 0.1) is 0 Å². The fourth-order valence-electron chi connectivity index (χ4n) is 4.08. The van der Waals surface area contributed by atoms with E-state index < -0.39 is 0 Å². The topological polar surface area (TPSA) is 47.5 Å². The van der Waals surface area contributed by atoms with E-state index in [1.54, 1.807) is 0 Å². The highest BCUT2D eigenvalue weighted by atomic mass is 16.3. The maximum absolute atomic E-state index is 10.6. The molecule has 0 aromatic rings. The molecule has 18 heavy (non-hydrogen) atoms. The van der Waals surface area contributed by atoms with Crippen LogP contribution in [0.15, 0.2) is 0 Å². The van der Waals surface area contributed by atoms with Crippen molar-refractivity contribution in [1.29, 1.82) is 0 Å². The van der Waals surface area contributed by atoms with Crippen molar-refractivity contribution in [2.75, 3.05) is 32.7 Å².